The zero-order valence-electron chi connectivity index (χ0n) is 19.1. The molecule has 0 aliphatic heterocycles. The molecule has 4 aromatic rings. The molecule has 4 rings (SSSR count). The van der Waals surface area contributed by atoms with E-state index in [2.05, 4.69) is 38.1 Å². The molecule has 0 spiro atoms. The fourth-order valence-electron chi connectivity index (χ4n) is 4.32. The first kappa shape index (κ1) is 22.3. The number of hydrogen-bond acceptors (Lipinski definition) is 4. The van der Waals surface area contributed by atoms with Crippen molar-refractivity contribution in [1.82, 2.24) is 0 Å². The summed E-state index contributed by atoms with van der Waals surface area (Å²) in [5.41, 5.74) is 15.7. The van der Waals surface area contributed by atoms with Crippen molar-refractivity contribution < 1.29 is 9.47 Å². The van der Waals surface area contributed by atoms with Crippen LogP contribution in [0, 0.1) is 0 Å². The van der Waals surface area contributed by atoms with Gasteiger partial charge in [-0.25, -0.2) is 0 Å². The van der Waals surface area contributed by atoms with Crippen molar-refractivity contribution in [3.05, 3.63) is 108 Å². The molecule has 0 saturated carbocycles. The van der Waals surface area contributed by atoms with E-state index in [4.69, 9.17) is 20.9 Å². The second-order valence-corrected chi connectivity index (χ2v) is 8.12. The minimum Gasteiger partial charge on any atom is -0.455 e. The van der Waals surface area contributed by atoms with Gasteiger partial charge in [0.15, 0.2) is 0 Å². The standard InChI is InChI=1S/C29H30N2O2/c1-3-29(4-2,21-13-17-23(18-14-21)32-27-11-7-5-9-25(27)30)22-15-19-24(20-16-22)33-28-12-8-6-10-26(28)31/h5-20H,3-4,30-31H2,1-2H3. The van der Waals surface area contributed by atoms with E-state index in [0.29, 0.717) is 22.9 Å². The maximum Gasteiger partial charge on any atom is 0.150 e. The first-order valence-electron chi connectivity index (χ1n) is 11.3. The van der Waals surface area contributed by atoms with Gasteiger partial charge in [-0.05, 0) is 72.5 Å². The predicted octanol–water partition coefficient (Wildman–Crippen LogP) is 7.54. The normalized spacial score (nSPS) is 11.2. The van der Waals surface area contributed by atoms with Gasteiger partial charge in [-0.15, -0.1) is 0 Å². The number of rotatable bonds is 8. The molecule has 0 bridgehead atoms. The van der Waals surface area contributed by atoms with Crippen molar-refractivity contribution in [3.8, 4) is 23.0 Å². The average molecular weight is 439 g/mol. The van der Waals surface area contributed by atoms with Crippen molar-refractivity contribution in [3.63, 3.8) is 0 Å². The van der Waals surface area contributed by atoms with E-state index in [1.165, 1.54) is 11.1 Å². The Morgan fingerprint density at radius 2 is 0.909 bits per heavy atom. The van der Waals surface area contributed by atoms with Crippen LogP contribution in [0.5, 0.6) is 23.0 Å². The Kier molecular flexibility index (Phi) is 6.55. The van der Waals surface area contributed by atoms with Gasteiger partial charge in [-0.3, -0.25) is 0 Å². The van der Waals surface area contributed by atoms with Crippen LogP contribution < -0.4 is 20.9 Å². The molecule has 168 valence electrons. The fourth-order valence-corrected chi connectivity index (χ4v) is 4.32. The smallest absolute Gasteiger partial charge is 0.150 e. The van der Waals surface area contributed by atoms with Crippen LogP contribution >= 0.6 is 0 Å². The molecule has 4 aromatic carbocycles. The summed E-state index contributed by atoms with van der Waals surface area (Å²) in [4.78, 5) is 0. The van der Waals surface area contributed by atoms with E-state index in [1.54, 1.807) is 0 Å². The number of hydrogen-bond donors (Lipinski definition) is 2. The van der Waals surface area contributed by atoms with E-state index >= 15 is 0 Å². The minimum atomic E-state index is -0.103. The summed E-state index contributed by atoms with van der Waals surface area (Å²) in [7, 11) is 0. The van der Waals surface area contributed by atoms with Crippen LogP contribution in [0.2, 0.25) is 0 Å². The molecular weight excluding hydrogens is 408 g/mol. The molecule has 33 heavy (non-hydrogen) atoms. The SMILES string of the molecule is CCC(CC)(c1ccc(Oc2ccccc2N)cc1)c1ccc(Oc2ccccc2N)cc1. The summed E-state index contributed by atoms with van der Waals surface area (Å²) in [5.74, 6) is 2.86. The molecule has 0 amide bonds. The first-order chi connectivity index (χ1) is 16.1. The van der Waals surface area contributed by atoms with Crippen molar-refractivity contribution >= 4 is 11.4 Å². The molecule has 0 fully saturated rings. The molecule has 4 nitrogen and oxygen atoms in total. The summed E-state index contributed by atoms with van der Waals surface area (Å²) in [6, 6.07) is 31.7. The number of benzene rings is 4. The van der Waals surface area contributed by atoms with Gasteiger partial charge in [0.2, 0.25) is 0 Å². The van der Waals surface area contributed by atoms with Gasteiger partial charge >= 0.3 is 0 Å². The molecule has 0 atom stereocenters. The number of ether oxygens (including phenoxy) is 2. The van der Waals surface area contributed by atoms with Crippen LogP contribution in [0.1, 0.15) is 37.8 Å². The summed E-state index contributed by atoms with van der Waals surface area (Å²) in [6.45, 7) is 4.46. The van der Waals surface area contributed by atoms with E-state index < -0.39 is 0 Å². The number of para-hydroxylation sites is 4. The minimum absolute atomic E-state index is 0.103. The molecule has 0 aliphatic rings. The first-order valence-corrected chi connectivity index (χ1v) is 11.3. The Hall–Kier alpha value is -3.92. The molecule has 4 N–H and O–H groups in total. The number of anilines is 2. The monoisotopic (exact) mass is 438 g/mol. The lowest BCUT2D eigenvalue weighted by Crippen LogP contribution is -2.25. The van der Waals surface area contributed by atoms with E-state index in [9.17, 15) is 0 Å². The molecule has 0 heterocycles. The third-order valence-corrected chi connectivity index (χ3v) is 6.31. The van der Waals surface area contributed by atoms with Gasteiger partial charge in [0.1, 0.15) is 23.0 Å². The van der Waals surface area contributed by atoms with Crippen molar-refractivity contribution in [2.45, 2.75) is 32.1 Å². The van der Waals surface area contributed by atoms with E-state index in [-0.39, 0.29) is 5.41 Å². The Bertz CT molecular complexity index is 1100. The lowest BCUT2D eigenvalue weighted by atomic mass is 9.70. The molecule has 0 aliphatic carbocycles. The van der Waals surface area contributed by atoms with Crippen LogP contribution in [-0.2, 0) is 5.41 Å². The highest BCUT2D eigenvalue weighted by Crippen LogP contribution is 2.41. The van der Waals surface area contributed by atoms with Crippen molar-refractivity contribution in [2.75, 3.05) is 11.5 Å². The van der Waals surface area contributed by atoms with Crippen LogP contribution in [0.15, 0.2) is 97.1 Å². The van der Waals surface area contributed by atoms with Crippen molar-refractivity contribution in [1.29, 1.82) is 0 Å². The van der Waals surface area contributed by atoms with Gasteiger partial charge < -0.3 is 20.9 Å². The topological polar surface area (TPSA) is 70.5 Å². The zero-order chi connectivity index (χ0) is 23.3. The highest BCUT2D eigenvalue weighted by molar-refractivity contribution is 5.55. The Balaban J connectivity index is 1.57. The van der Waals surface area contributed by atoms with E-state index in [0.717, 1.165) is 24.3 Å². The van der Waals surface area contributed by atoms with Gasteiger partial charge in [-0.2, -0.15) is 0 Å². The van der Waals surface area contributed by atoms with Crippen LogP contribution in [-0.4, -0.2) is 0 Å². The van der Waals surface area contributed by atoms with Crippen LogP contribution in [0.25, 0.3) is 0 Å². The summed E-state index contributed by atoms with van der Waals surface area (Å²) in [5, 5.41) is 0. The Morgan fingerprint density at radius 3 is 1.24 bits per heavy atom. The zero-order valence-corrected chi connectivity index (χ0v) is 19.1. The number of nitrogen functional groups attached to an aromatic ring is 2. The maximum atomic E-state index is 6.01. The third kappa shape index (κ3) is 4.65. The summed E-state index contributed by atoms with van der Waals surface area (Å²) >= 11 is 0. The quantitative estimate of drug-likeness (QED) is 0.279. The Labute approximate surface area is 195 Å². The van der Waals surface area contributed by atoms with Gasteiger partial charge in [-0.1, -0.05) is 62.4 Å². The van der Waals surface area contributed by atoms with Gasteiger partial charge in [0, 0.05) is 5.41 Å². The molecule has 0 radical (unpaired) electrons. The lowest BCUT2D eigenvalue weighted by Gasteiger charge is -2.33. The van der Waals surface area contributed by atoms with E-state index in [1.807, 2.05) is 72.8 Å². The van der Waals surface area contributed by atoms with Crippen molar-refractivity contribution in [2.24, 2.45) is 0 Å². The second kappa shape index (κ2) is 9.70. The molecule has 0 saturated heterocycles. The maximum absolute atomic E-state index is 6.01. The van der Waals surface area contributed by atoms with Gasteiger partial charge in [0.05, 0.1) is 11.4 Å². The number of nitrogens with two attached hydrogens (primary N) is 2. The van der Waals surface area contributed by atoms with Crippen LogP contribution in [0.3, 0.4) is 0 Å². The Morgan fingerprint density at radius 1 is 0.545 bits per heavy atom. The molecule has 0 unspecified atom stereocenters. The fraction of sp³-hybridized carbons (Fsp3) is 0.172. The highest BCUT2D eigenvalue weighted by atomic mass is 16.5. The second-order valence-electron chi connectivity index (χ2n) is 8.12. The largest absolute Gasteiger partial charge is 0.455 e. The molecule has 0 aromatic heterocycles. The van der Waals surface area contributed by atoms with Gasteiger partial charge in [0.25, 0.3) is 0 Å². The highest BCUT2D eigenvalue weighted by Gasteiger charge is 2.30. The lowest BCUT2D eigenvalue weighted by molar-refractivity contribution is 0.466. The third-order valence-electron chi connectivity index (χ3n) is 6.31. The average Bonchev–Trinajstić information content (AvgIpc) is 2.85. The summed E-state index contributed by atoms with van der Waals surface area (Å²) in [6.07, 6.45) is 1.95. The summed E-state index contributed by atoms with van der Waals surface area (Å²) < 4.78 is 12.0. The molecule has 4 heteroatoms. The molecular formula is C29H30N2O2. The predicted molar refractivity (Wildman–Crippen MR) is 136 cm³/mol. The van der Waals surface area contributed by atoms with Crippen LogP contribution in [0.4, 0.5) is 11.4 Å².